The minimum atomic E-state index is 0.257. The fraction of sp³-hybridized carbons (Fsp3) is 0.867. The highest BCUT2D eigenvalue weighted by Crippen LogP contribution is 2.62. The number of hydrogen-bond acceptors (Lipinski definition) is 3. The van der Waals surface area contributed by atoms with Gasteiger partial charge < -0.3 is 9.88 Å². The zero-order valence-corrected chi connectivity index (χ0v) is 12.8. The molecule has 4 atom stereocenters. The van der Waals surface area contributed by atoms with Crippen molar-refractivity contribution in [3.8, 4) is 0 Å². The fourth-order valence-electron chi connectivity index (χ4n) is 4.73. The number of fused-ring (bicyclic) bond motifs is 2. The van der Waals surface area contributed by atoms with Crippen molar-refractivity contribution in [2.75, 3.05) is 0 Å². The van der Waals surface area contributed by atoms with Crippen LogP contribution in [0.1, 0.15) is 58.8 Å². The molecule has 1 aromatic heterocycles. The number of nitrogens with zero attached hydrogens (tertiary/aromatic N) is 3. The lowest BCUT2D eigenvalue weighted by Gasteiger charge is -2.44. The summed E-state index contributed by atoms with van der Waals surface area (Å²) in [6.45, 7) is 9.53. The zero-order valence-electron chi connectivity index (χ0n) is 12.8. The van der Waals surface area contributed by atoms with Crippen LogP contribution in [-0.2, 0) is 7.05 Å². The zero-order chi connectivity index (χ0) is 13.8. The van der Waals surface area contributed by atoms with Gasteiger partial charge in [-0.05, 0) is 42.9 Å². The Morgan fingerprint density at radius 2 is 2.16 bits per heavy atom. The van der Waals surface area contributed by atoms with E-state index in [1.54, 1.807) is 6.33 Å². The SMILES string of the molecule is CC(NC1C2(C)CCC(C2)C1(C)C)c1nncn1C. The third-order valence-corrected chi connectivity index (χ3v) is 5.82. The first-order chi connectivity index (χ1) is 8.84. The predicted molar refractivity (Wildman–Crippen MR) is 75.6 cm³/mol. The summed E-state index contributed by atoms with van der Waals surface area (Å²) in [5.74, 6) is 1.91. The van der Waals surface area contributed by atoms with Crippen molar-refractivity contribution in [3.05, 3.63) is 12.2 Å². The molecule has 0 amide bonds. The largest absolute Gasteiger partial charge is 0.319 e. The molecule has 3 rings (SSSR count). The van der Waals surface area contributed by atoms with Gasteiger partial charge in [0, 0.05) is 13.1 Å². The maximum absolute atomic E-state index is 4.24. The molecule has 0 saturated heterocycles. The summed E-state index contributed by atoms with van der Waals surface area (Å²) < 4.78 is 2.01. The predicted octanol–water partition coefficient (Wildman–Crippen LogP) is 2.68. The first-order valence-corrected chi connectivity index (χ1v) is 7.44. The summed E-state index contributed by atoms with van der Waals surface area (Å²) in [7, 11) is 2.02. The van der Waals surface area contributed by atoms with Crippen molar-refractivity contribution in [1.82, 2.24) is 20.1 Å². The lowest BCUT2D eigenvalue weighted by Crippen LogP contribution is -2.51. The van der Waals surface area contributed by atoms with Crippen LogP contribution in [0.5, 0.6) is 0 Å². The smallest absolute Gasteiger partial charge is 0.149 e. The summed E-state index contributed by atoms with van der Waals surface area (Å²) in [4.78, 5) is 0. The second-order valence-electron chi connectivity index (χ2n) is 7.54. The Morgan fingerprint density at radius 3 is 2.68 bits per heavy atom. The standard InChI is InChI=1S/C15H26N4/c1-10(12-18-16-9-19(12)5)17-13-14(2,3)11-6-7-15(13,4)8-11/h9-11,13,17H,6-8H2,1-5H3. The van der Waals surface area contributed by atoms with Gasteiger partial charge in [-0.1, -0.05) is 20.8 Å². The molecule has 4 unspecified atom stereocenters. The number of aromatic nitrogens is 3. The highest BCUT2D eigenvalue weighted by atomic mass is 15.3. The second kappa shape index (κ2) is 4.05. The van der Waals surface area contributed by atoms with Crippen LogP contribution >= 0.6 is 0 Å². The molecule has 0 radical (unpaired) electrons. The van der Waals surface area contributed by atoms with Crippen LogP contribution in [-0.4, -0.2) is 20.8 Å². The van der Waals surface area contributed by atoms with Crippen molar-refractivity contribution < 1.29 is 0 Å². The molecule has 4 nitrogen and oxygen atoms in total. The maximum Gasteiger partial charge on any atom is 0.149 e. The van der Waals surface area contributed by atoms with Crippen molar-refractivity contribution in [1.29, 1.82) is 0 Å². The van der Waals surface area contributed by atoms with E-state index in [9.17, 15) is 0 Å². The van der Waals surface area contributed by atoms with Gasteiger partial charge in [-0.2, -0.15) is 0 Å². The minimum Gasteiger partial charge on any atom is -0.319 e. The quantitative estimate of drug-likeness (QED) is 0.910. The van der Waals surface area contributed by atoms with E-state index >= 15 is 0 Å². The highest BCUT2D eigenvalue weighted by molar-refractivity contribution is 5.13. The molecule has 2 saturated carbocycles. The van der Waals surface area contributed by atoms with Gasteiger partial charge in [0.15, 0.2) is 0 Å². The summed E-state index contributed by atoms with van der Waals surface area (Å²) in [5, 5.41) is 12.1. The first-order valence-electron chi connectivity index (χ1n) is 7.44. The minimum absolute atomic E-state index is 0.257. The van der Waals surface area contributed by atoms with E-state index in [1.807, 2.05) is 11.6 Å². The van der Waals surface area contributed by atoms with E-state index in [1.165, 1.54) is 19.3 Å². The Hall–Kier alpha value is -0.900. The van der Waals surface area contributed by atoms with Crippen LogP contribution in [0.2, 0.25) is 0 Å². The molecular formula is C15H26N4. The van der Waals surface area contributed by atoms with E-state index in [0.29, 0.717) is 16.9 Å². The van der Waals surface area contributed by atoms with E-state index in [-0.39, 0.29) is 6.04 Å². The summed E-state index contributed by atoms with van der Waals surface area (Å²) in [5.41, 5.74) is 0.848. The van der Waals surface area contributed by atoms with Gasteiger partial charge in [0.05, 0.1) is 6.04 Å². The van der Waals surface area contributed by atoms with Crippen LogP contribution in [0, 0.1) is 16.7 Å². The molecular weight excluding hydrogens is 236 g/mol. The van der Waals surface area contributed by atoms with Crippen LogP contribution < -0.4 is 5.32 Å². The van der Waals surface area contributed by atoms with Gasteiger partial charge in [-0.15, -0.1) is 10.2 Å². The van der Waals surface area contributed by atoms with Crippen molar-refractivity contribution in [3.63, 3.8) is 0 Å². The Bertz CT molecular complexity index is 473. The Morgan fingerprint density at radius 1 is 1.42 bits per heavy atom. The number of rotatable bonds is 3. The monoisotopic (exact) mass is 262 g/mol. The van der Waals surface area contributed by atoms with Gasteiger partial charge in [-0.25, -0.2) is 0 Å². The Balaban J connectivity index is 1.81. The van der Waals surface area contributed by atoms with Gasteiger partial charge in [-0.3, -0.25) is 0 Å². The molecule has 19 heavy (non-hydrogen) atoms. The van der Waals surface area contributed by atoms with E-state index in [2.05, 4.69) is 43.2 Å². The summed E-state index contributed by atoms with van der Waals surface area (Å²) >= 11 is 0. The molecule has 0 spiro atoms. The molecule has 2 fully saturated rings. The number of nitrogens with one attached hydrogen (secondary N) is 1. The lowest BCUT2D eigenvalue weighted by molar-refractivity contribution is 0.0989. The Kier molecular flexibility index (Phi) is 2.79. The van der Waals surface area contributed by atoms with E-state index in [4.69, 9.17) is 0 Å². The van der Waals surface area contributed by atoms with E-state index in [0.717, 1.165) is 11.7 Å². The topological polar surface area (TPSA) is 42.7 Å². The van der Waals surface area contributed by atoms with Crippen molar-refractivity contribution in [2.45, 2.75) is 59.0 Å². The number of aryl methyl sites for hydroxylation is 1. The van der Waals surface area contributed by atoms with Crippen molar-refractivity contribution >= 4 is 0 Å². The Labute approximate surface area is 116 Å². The molecule has 1 heterocycles. The average Bonchev–Trinajstić information content (AvgIpc) is 2.95. The highest BCUT2D eigenvalue weighted by Gasteiger charge is 2.59. The van der Waals surface area contributed by atoms with Crippen molar-refractivity contribution in [2.24, 2.45) is 23.8 Å². The molecule has 106 valence electrons. The third kappa shape index (κ3) is 1.83. The molecule has 2 aliphatic rings. The first kappa shape index (κ1) is 13.1. The molecule has 0 aliphatic heterocycles. The van der Waals surface area contributed by atoms with Crippen LogP contribution in [0.4, 0.5) is 0 Å². The maximum atomic E-state index is 4.24. The molecule has 1 aromatic rings. The van der Waals surface area contributed by atoms with Gasteiger partial charge >= 0.3 is 0 Å². The number of hydrogen-bond donors (Lipinski definition) is 1. The average molecular weight is 262 g/mol. The summed E-state index contributed by atoms with van der Waals surface area (Å²) in [6.07, 6.45) is 5.93. The van der Waals surface area contributed by atoms with Crippen LogP contribution in [0.15, 0.2) is 6.33 Å². The molecule has 4 heteroatoms. The van der Waals surface area contributed by atoms with Gasteiger partial charge in [0.25, 0.3) is 0 Å². The molecule has 1 N–H and O–H groups in total. The molecule has 0 aromatic carbocycles. The molecule has 2 aliphatic carbocycles. The van der Waals surface area contributed by atoms with Gasteiger partial charge in [0.2, 0.25) is 0 Å². The fourth-order valence-corrected chi connectivity index (χ4v) is 4.73. The van der Waals surface area contributed by atoms with Gasteiger partial charge in [0.1, 0.15) is 12.2 Å². The molecule has 2 bridgehead atoms. The van der Waals surface area contributed by atoms with Crippen LogP contribution in [0.25, 0.3) is 0 Å². The third-order valence-electron chi connectivity index (χ3n) is 5.82. The lowest BCUT2D eigenvalue weighted by atomic mass is 9.68. The van der Waals surface area contributed by atoms with E-state index < -0.39 is 0 Å². The second-order valence-corrected chi connectivity index (χ2v) is 7.54. The summed E-state index contributed by atoms with van der Waals surface area (Å²) in [6, 6.07) is 0.832. The normalized spacial score (nSPS) is 37.7. The van der Waals surface area contributed by atoms with Crippen LogP contribution in [0.3, 0.4) is 0 Å².